The van der Waals surface area contributed by atoms with Gasteiger partial charge in [0.05, 0.1) is 10.8 Å². The highest BCUT2D eigenvalue weighted by Crippen LogP contribution is 2.27. The van der Waals surface area contributed by atoms with Crippen molar-refractivity contribution in [3.8, 4) is 0 Å². The molecule has 2 aromatic heterocycles. The minimum atomic E-state index is -0.730. The lowest BCUT2D eigenvalue weighted by Gasteiger charge is -2.07. The summed E-state index contributed by atoms with van der Waals surface area (Å²) in [6, 6.07) is 6.30. The van der Waals surface area contributed by atoms with Crippen molar-refractivity contribution >= 4 is 48.7 Å². The van der Waals surface area contributed by atoms with Crippen LogP contribution >= 0.6 is 31.9 Å². The van der Waals surface area contributed by atoms with Gasteiger partial charge in [-0.2, -0.15) is 0 Å². The van der Waals surface area contributed by atoms with Crippen LogP contribution in [-0.2, 0) is 6.54 Å². The lowest BCUT2D eigenvalue weighted by molar-refractivity contribution is 0.0948. The van der Waals surface area contributed by atoms with Gasteiger partial charge in [-0.05, 0) is 34.1 Å². The summed E-state index contributed by atoms with van der Waals surface area (Å²) in [4.78, 5) is 39.7. The largest absolute Gasteiger partial charge is 0.421 e. The van der Waals surface area contributed by atoms with Gasteiger partial charge < -0.3 is 9.73 Å². The molecular formula is C16H11Br2N3O4. The third-order valence-corrected chi connectivity index (χ3v) is 4.47. The molecule has 1 N–H and O–H groups in total. The highest BCUT2D eigenvalue weighted by Gasteiger charge is 2.15. The van der Waals surface area contributed by atoms with Crippen molar-refractivity contribution in [3.05, 3.63) is 72.1 Å². The standard InChI is InChI=1S/C16H11Br2N3O4/c17-10-5-9-6-11(16(24)25-14(9)12(18)7-10)15(23)20-3-4-21-8-19-2-1-13(21)22/h1-2,5-8H,3-4H2,(H,20,23). The normalized spacial score (nSPS) is 10.8. The van der Waals surface area contributed by atoms with Gasteiger partial charge in [0.1, 0.15) is 5.56 Å². The number of nitrogens with zero attached hydrogens (tertiary/aromatic N) is 2. The van der Waals surface area contributed by atoms with Gasteiger partial charge in [0, 0.05) is 35.2 Å². The number of hydrogen-bond acceptors (Lipinski definition) is 5. The van der Waals surface area contributed by atoms with Gasteiger partial charge in [-0.1, -0.05) is 15.9 Å². The first-order valence-electron chi connectivity index (χ1n) is 7.17. The Balaban J connectivity index is 1.80. The summed E-state index contributed by atoms with van der Waals surface area (Å²) in [6.45, 7) is 0.415. The molecule has 0 radical (unpaired) electrons. The summed E-state index contributed by atoms with van der Waals surface area (Å²) < 4.78 is 7.98. The van der Waals surface area contributed by atoms with Crippen LogP contribution in [0.3, 0.4) is 0 Å². The molecule has 0 saturated carbocycles. The molecule has 2 heterocycles. The SMILES string of the molecule is O=C(NCCn1cnccc1=O)c1cc2cc(Br)cc(Br)c2oc1=O. The smallest absolute Gasteiger partial charge is 0.349 e. The number of nitrogens with one attached hydrogen (secondary N) is 1. The Morgan fingerprint density at radius 3 is 2.80 bits per heavy atom. The minimum absolute atomic E-state index is 0.101. The van der Waals surface area contributed by atoms with E-state index in [1.165, 1.54) is 29.2 Å². The van der Waals surface area contributed by atoms with Crippen LogP contribution < -0.4 is 16.5 Å². The number of carbonyl (C=O) groups excluding carboxylic acids is 1. The highest BCUT2D eigenvalue weighted by atomic mass is 79.9. The summed E-state index contributed by atoms with van der Waals surface area (Å²) in [5, 5.41) is 3.21. The molecule has 0 atom stereocenters. The summed E-state index contributed by atoms with van der Waals surface area (Å²) in [5.74, 6) is -0.566. The van der Waals surface area contributed by atoms with Crippen LogP contribution in [-0.4, -0.2) is 22.0 Å². The molecule has 128 valence electrons. The van der Waals surface area contributed by atoms with E-state index < -0.39 is 11.5 Å². The molecule has 3 rings (SSSR count). The zero-order valence-corrected chi connectivity index (χ0v) is 15.8. The van der Waals surface area contributed by atoms with Crippen LogP contribution in [0.15, 0.2) is 59.7 Å². The fourth-order valence-electron chi connectivity index (χ4n) is 2.25. The number of benzene rings is 1. The van der Waals surface area contributed by atoms with Crippen molar-refractivity contribution < 1.29 is 9.21 Å². The third-order valence-electron chi connectivity index (χ3n) is 3.43. The molecule has 9 heteroatoms. The monoisotopic (exact) mass is 467 g/mol. The molecule has 0 aliphatic rings. The fraction of sp³-hybridized carbons (Fsp3) is 0.125. The first kappa shape index (κ1) is 17.6. The quantitative estimate of drug-likeness (QED) is 0.593. The predicted octanol–water partition coefficient (Wildman–Crippen LogP) is 2.30. The topological polar surface area (TPSA) is 94.2 Å². The van der Waals surface area contributed by atoms with E-state index in [1.807, 2.05) is 0 Å². The van der Waals surface area contributed by atoms with Gasteiger partial charge in [-0.15, -0.1) is 0 Å². The molecule has 1 aromatic carbocycles. The number of hydrogen-bond donors (Lipinski definition) is 1. The van der Waals surface area contributed by atoms with E-state index in [0.717, 1.165) is 4.47 Å². The molecule has 25 heavy (non-hydrogen) atoms. The van der Waals surface area contributed by atoms with Gasteiger partial charge in [-0.3, -0.25) is 14.2 Å². The maximum Gasteiger partial charge on any atom is 0.349 e. The zero-order valence-electron chi connectivity index (χ0n) is 12.7. The van der Waals surface area contributed by atoms with E-state index in [1.54, 1.807) is 12.1 Å². The van der Waals surface area contributed by atoms with Crippen molar-refractivity contribution in [2.24, 2.45) is 0 Å². The molecule has 7 nitrogen and oxygen atoms in total. The average Bonchev–Trinajstić information content (AvgIpc) is 2.56. The van der Waals surface area contributed by atoms with Crippen molar-refractivity contribution in [1.82, 2.24) is 14.9 Å². The number of aromatic nitrogens is 2. The molecule has 0 aliphatic heterocycles. The summed E-state index contributed by atoms with van der Waals surface area (Å²) >= 11 is 6.67. The van der Waals surface area contributed by atoms with Gasteiger partial charge in [0.25, 0.3) is 11.5 Å². The Morgan fingerprint density at radius 1 is 1.24 bits per heavy atom. The minimum Gasteiger partial charge on any atom is -0.421 e. The molecule has 0 saturated heterocycles. The van der Waals surface area contributed by atoms with Gasteiger partial charge >= 0.3 is 5.63 Å². The Labute approximate surface area is 157 Å². The van der Waals surface area contributed by atoms with Crippen LogP contribution in [0.2, 0.25) is 0 Å². The van der Waals surface area contributed by atoms with E-state index in [0.29, 0.717) is 15.4 Å². The maximum absolute atomic E-state index is 12.3. The van der Waals surface area contributed by atoms with Crippen molar-refractivity contribution in [2.75, 3.05) is 6.54 Å². The van der Waals surface area contributed by atoms with Gasteiger partial charge in [0.2, 0.25) is 0 Å². The molecule has 0 spiro atoms. The first-order chi connectivity index (χ1) is 12.0. The van der Waals surface area contributed by atoms with Crippen LogP contribution in [0.5, 0.6) is 0 Å². The summed E-state index contributed by atoms with van der Waals surface area (Å²) in [7, 11) is 0. The van der Waals surface area contributed by atoms with E-state index in [-0.39, 0.29) is 24.2 Å². The fourth-order valence-corrected chi connectivity index (χ4v) is 3.59. The Hall–Kier alpha value is -2.26. The van der Waals surface area contributed by atoms with Crippen LogP contribution in [0.25, 0.3) is 11.0 Å². The zero-order chi connectivity index (χ0) is 18.0. The van der Waals surface area contributed by atoms with Crippen molar-refractivity contribution in [1.29, 1.82) is 0 Å². The Bertz CT molecular complexity index is 1070. The highest BCUT2D eigenvalue weighted by molar-refractivity contribution is 9.11. The second kappa shape index (κ2) is 7.32. The third kappa shape index (κ3) is 3.88. The second-order valence-electron chi connectivity index (χ2n) is 5.12. The maximum atomic E-state index is 12.3. The van der Waals surface area contributed by atoms with Crippen LogP contribution in [0.4, 0.5) is 0 Å². The van der Waals surface area contributed by atoms with Crippen LogP contribution in [0, 0.1) is 0 Å². The Morgan fingerprint density at radius 2 is 2.04 bits per heavy atom. The van der Waals surface area contributed by atoms with Crippen LogP contribution in [0.1, 0.15) is 10.4 Å². The number of carbonyl (C=O) groups is 1. The number of fused-ring (bicyclic) bond motifs is 1. The van der Waals surface area contributed by atoms with Gasteiger partial charge in [-0.25, -0.2) is 9.78 Å². The average molecular weight is 469 g/mol. The summed E-state index contributed by atoms with van der Waals surface area (Å²) in [5.41, 5.74) is -0.682. The molecule has 0 aliphatic carbocycles. The molecule has 0 unspecified atom stereocenters. The van der Waals surface area contributed by atoms with E-state index in [9.17, 15) is 14.4 Å². The van der Waals surface area contributed by atoms with E-state index >= 15 is 0 Å². The molecular weight excluding hydrogens is 458 g/mol. The predicted molar refractivity (Wildman–Crippen MR) is 98.7 cm³/mol. The lowest BCUT2D eigenvalue weighted by atomic mass is 10.2. The van der Waals surface area contributed by atoms with Gasteiger partial charge in [0.15, 0.2) is 5.58 Å². The number of halogens is 2. The van der Waals surface area contributed by atoms with E-state index in [4.69, 9.17) is 4.42 Å². The molecule has 0 bridgehead atoms. The number of rotatable bonds is 4. The number of amides is 1. The molecule has 3 aromatic rings. The second-order valence-corrected chi connectivity index (χ2v) is 6.89. The lowest BCUT2D eigenvalue weighted by Crippen LogP contribution is -2.33. The Kier molecular flexibility index (Phi) is 5.14. The van der Waals surface area contributed by atoms with Crippen molar-refractivity contribution in [2.45, 2.75) is 6.54 Å². The molecule has 0 fully saturated rings. The van der Waals surface area contributed by atoms with Crippen molar-refractivity contribution in [3.63, 3.8) is 0 Å². The first-order valence-corrected chi connectivity index (χ1v) is 8.76. The molecule has 1 amide bonds. The summed E-state index contributed by atoms with van der Waals surface area (Å²) in [6.07, 6.45) is 2.78. The van der Waals surface area contributed by atoms with E-state index in [2.05, 4.69) is 42.2 Å².